The molecule has 0 bridgehead atoms. The van der Waals surface area contributed by atoms with Gasteiger partial charge >= 0.3 is 0 Å². The molecule has 0 aromatic heterocycles. The minimum absolute atomic E-state index is 0.0306. The summed E-state index contributed by atoms with van der Waals surface area (Å²) >= 11 is 5.97. The van der Waals surface area contributed by atoms with Gasteiger partial charge in [0.2, 0.25) is 15.9 Å². The number of sulfonamides is 1. The first-order chi connectivity index (χ1) is 11.2. The predicted octanol–water partition coefficient (Wildman–Crippen LogP) is 2.82. The van der Waals surface area contributed by atoms with Crippen LogP contribution in [0.15, 0.2) is 23.1 Å². The van der Waals surface area contributed by atoms with Crippen molar-refractivity contribution < 1.29 is 13.2 Å². The van der Waals surface area contributed by atoms with Crippen molar-refractivity contribution in [3.05, 3.63) is 28.8 Å². The number of nitrogens with one attached hydrogen (secondary N) is 1. The molecule has 0 atom stereocenters. The van der Waals surface area contributed by atoms with Gasteiger partial charge in [-0.05, 0) is 49.4 Å². The number of piperidine rings is 1. The fraction of sp³-hybridized carbons (Fsp3) is 0.588. The van der Waals surface area contributed by atoms with Crippen molar-refractivity contribution in [3.8, 4) is 0 Å². The molecule has 1 N–H and O–H groups in total. The number of carbonyl (C=O) groups is 1. The maximum atomic E-state index is 12.7. The summed E-state index contributed by atoms with van der Waals surface area (Å²) in [5.41, 5.74) is 0.737. The molecule has 1 saturated heterocycles. The number of rotatable bonds is 5. The van der Waals surface area contributed by atoms with E-state index in [1.165, 1.54) is 10.4 Å². The first-order valence-electron chi connectivity index (χ1n) is 8.26. The molecule has 0 aliphatic carbocycles. The van der Waals surface area contributed by atoms with Crippen molar-refractivity contribution in [1.29, 1.82) is 0 Å². The molecule has 1 fully saturated rings. The van der Waals surface area contributed by atoms with Crippen LogP contribution in [0.2, 0.25) is 5.02 Å². The van der Waals surface area contributed by atoms with Gasteiger partial charge < -0.3 is 5.32 Å². The van der Waals surface area contributed by atoms with Crippen LogP contribution in [0.1, 0.15) is 32.3 Å². The maximum Gasteiger partial charge on any atom is 0.243 e. The molecule has 2 rings (SSSR count). The van der Waals surface area contributed by atoms with Crippen molar-refractivity contribution in [3.63, 3.8) is 0 Å². The molecular weight excluding hydrogens is 348 g/mol. The van der Waals surface area contributed by atoms with Crippen LogP contribution in [0, 0.1) is 18.8 Å². The van der Waals surface area contributed by atoms with Crippen LogP contribution in [-0.4, -0.2) is 38.3 Å². The van der Waals surface area contributed by atoms with Gasteiger partial charge in [0.15, 0.2) is 0 Å². The number of amides is 1. The van der Waals surface area contributed by atoms with Crippen LogP contribution >= 0.6 is 11.6 Å². The van der Waals surface area contributed by atoms with E-state index in [1.807, 2.05) is 13.8 Å². The maximum absolute atomic E-state index is 12.7. The SMILES string of the molecule is Cc1cc(S(=O)(=O)N2CCC(C(=O)NCC(C)C)CC2)ccc1Cl. The van der Waals surface area contributed by atoms with Gasteiger partial charge in [0.1, 0.15) is 0 Å². The second-order valence-electron chi connectivity index (χ2n) is 6.73. The zero-order chi connectivity index (χ0) is 17.9. The number of hydrogen-bond acceptors (Lipinski definition) is 3. The van der Waals surface area contributed by atoms with Crippen LogP contribution in [0.25, 0.3) is 0 Å². The number of nitrogens with zero attached hydrogens (tertiary/aromatic N) is 1. The molecule has 1 aliphatic heterocycles. The first-order valence-corrected chi connectivity index (χ1v) is 10.1. The van der Waals surface area contributed by atoms with Gasteiger partial charge in [0.05, 0.1) is 4.90 Å². The van der Waals surface area contributed by atoms with E-state index < -0.39 is 10.0 Å². The number of hydrogen-bond donors (Lipinski definition) is 1. The molecule has 1 heterocycles. The van der Waals surface area contributed by atoms with E-state index in [9.17, 15) is 13.2 Å². The minimum atomic E-state index is -3.53. The highest BCUT2D eigenvalue weighted by atomic mass is 35.5. The lowest BCUT2D eigenvalue weighted by molar-refractivity contribution is -0.126. The van der Waals surface area contributed by atoms with Gasteiger partial charge in [-0.25, -0.2) is 8.42 Å². The molecule has 1 aromatic rings. The monoisotopic (exact) mass is 372 g/mol. The molecule has 134 valence electrons. The summed E-state index contributed by atoms with van der Waals surface area (Å²) < 4.78 is 26.9. The molecule has 1 amide bonds. The first kappa shape index (κ1) is 19.2. The average molecular weight is 373 g/mol. The lowest BCUT2D eigenvalue weighted by Gasteiger charge is -2.30. The fourth-order valence-electron chi connectivity index (χ4n) is 2.73. The highest BCUT2D eigenvalue weighted by Gasteiger charge is 2.32. The van der Waals surface area contributed by atoms with Crippen LogP contribution in [0.5, 0.6) is 0 Å². The molecule has 1 aromatic carbocycles. The normalized spacial score (nSPS) is 17.2. The van der Waals surface area contributed by atoms with Crippen LogP contribution in [0.3, 0.4) is 0 Å². The van der Waals surface area contributed by atoms with Crippen LogP contribution < -0.4 is 5.32 Å². The Kier molecular flexibility index (Phi) is 6.28. The van der Waals surface area contributed by atoms with E-state index in [4.69, 9.17) is 11.6 Å². The third kappa shape index (κ3) is 4.49. The zero-order valence-electron chi connectivity index (χ0n) is 14.4. The number of benzene rings is 1. The molecule has 0 unspecified atom stereocenters. The molecule has 0 saturated carbocycles. The third-order valence-electron chi connectivity index (χ3n) is 4.28. The quantitative estimate of drug-likeness (QED) is 0.864. The Morgan fingerprint density at radius 3 is 2.50 bits per heavy atom. The molecule has 0 radical (unpaired) electrons. The predicted molar refractivity (Wildman–Crippen MR) is 95.5 cm³/mol. The summed E-state index contributed by atoms with van der Waals surface area (Å²) in [6.07, 6.45) is 1.10. The van der Waals surface area contributed by atoms with Gasteiger partial charge in [-0.1, -0.05) is 25.4 Å². The summed E-state index contributed by atoms with van der Waals surface area (Å²) in [4.78, 5) is 12.4. The lowest BCUT2D eigenvalue weighted by atomic mass is 9.97. The largest absolute Gasteiger partial charge is 0.356 e. The van der Waals surface area contributed by atoms with Crippen molar-refractivity contribution >= 4 is 27.5 Å². The Hall–Kier alpha value is -1.11. The lowest BCUT2D eigenvalue weighted by Crippen LogP contribution is -2.43. The van der Waals surface area contributed by atoms with Crippen LogP contribution in [-0.2, 0) is 14.8 Å². The van der Waals surface area contributed by atoms with Gasteiger partial charge in [0, 0.05) is 30.6 Å². The summed E-state index contributed by atoms with van der Waals surface area (Å²) in [7, 11) is -3.53. The van der Waals surface area contributed by atoms with Gasteiger partial charge in [-0.15, -0.1) is 0 Å². The summed E-state index contributed by atoms with van der Waals surface area (Å²) in [6.45, 7) is 7.26. The second-order valence-corrected chi connectivity index (χ2v) is 9.07. The Morgan fingerprint density at radius 2 is 1.96 bits per heavy atom. The van der Waals surface area contributed by atoms with Crippen molar-refractivity contribution in [2.24, 2.45) is 11.8 Å². The molecule has 24 heavy (non-hydrogen) atoms. The van der Waals surface area contributed by atoms with Crippen LogP contribution in [0.4, 0.5) is 0 Å². The standard InChI is InChI=1S/C17H25ClN2O3S/c1-12(2)11-19-17(21)14-6-8-20(9-7-14)24(22,23)15-4-5-16(18)13(3)10-15/h4-5,10,12,14H,6-9,11H2,1-3H3,(H,19,21). The zero-order valence-corrected chi connectivity index (χ0v) is 16.0. The van der Waals surface area contributed by atoms with E-state index in [2.05, 4.69) is 5.32 Å². The molecule has 5 nitrogen and oxygen atoms in total. The molecule has 7 heteroatoms. The van der Waals surface area contributed by atoms with Crippen molar-refractivity contribution in [1.82, 2.24) is 9.62 Å². The highest BCUT2D eigenvalue weighted by Crippen LogP contribution is 2.26. The Morgan fingerprint density at radius 1 is 1.33 bits per heavy atom. The molecular formula is C17H25ClN2O3S. The average Bonchev–Trinajstić information content (AvgIpc) is 2.55. The Labute approximate surface area is 149 Å². The minimum Gasteiger partial charge on any atom is -0.356 e. The highest BCUT2D eigenvalue weighted by molar-refractivity contribution is 7.89. The smallest absolute Gasteiger partial charge is 0.243 e. The molecule has 1 aliphatic rings. The summed E-state index contributed by atoms with van der Waals surface area (Å²) in [5, 5.41) is 3.48. The van der Waals surface area contributed by atoms with E-state index in [1.54, 1.807) is 19.1 Å². The fourth-order valence-corrected chi connectivity index (χ4v) is 4.41. The van der Waals surface area contributed by atoms with Gasteiger partial charge in [-0.3, -0.25) is 4.79 Å². The number of halogens is 1. The summed E-state index contributed by atoms with van der Waals surface area (Å²) in [6, 6.07) is 4.74. The molecule has 0 spiro atoms. The Balaban J connectivity index is 2.00. The Bertz CT molecular complexity index is 696. The summed E-state index contributed by atoms with van der Waals surface area (Å²) in [5.74, 6) is 0.327. The topological polar surface area (TPSA) is 66.5 Å². The van der Waals surface area contributed by atoms with E-state index in [0.29, 0.717) is 43.4 Å². The second kappa shape index (κ2) is 7.85. The van der Waals surface area contributed by atoms with Crippen molar-refractivity contribution in [2.45, 2.75) is 38.5 Å². The van der Waals surface area contributed by atoms with E-state index >= 15 is 0 Å². The van der Waals surface area contributed by atoms with Gasteiger partial charge in [-0.2, -0.15) is 4.31 Å². The van der Waals surface area contributed by atoms with Gasteiger partial charge in [0.25, 0.3) is 0 Å². The number of aryl methyl sites for hydroxylation is 1. The van der Waals surface area contributed by atoms with E-state index in [0.717, 1.165) is 5.56 Å². The number of carbonyl (C=O) groups excluding carboxylic acids is 1. The van der Waals surface area contributed by atoms with Crippen molar-refractivity contribution in [2.75, 3.05) is 19.6 Å². The van der Waals surface area contributed by atoms with E-state index in [-0.39, 0.29) is 16.7 Å². The third-order valence-corrected chi connectivity index (χ3v) is 6.60.